The molecule has 41 heavy (non-hydrogen) atoms. The van der Waals surface area contributed by atoms with Gasteiger partial charge in [0.15, 0.2) is 0 Å². The zero-order chi connectivity index (χ0) is 30.4. The van der Waals surface area contributed by atoms with Crippen molar-refractivity contribution in [2.24, 2.45) is 5.73 Å². The van der Waals surface area contributed by atoms with Crippen LogP contribution in [-0.4, -0.2) is 96.9 Å². The smallest absolute Gasteiger partial charge is 0.328 e. The summed E-state index contributed by atoms with van der Waals surface area (Å²) in [7, 11) is 0. The van der Waals surface area contributed by atoms with E-state index in [1.807, 2.05) is 37.5 Å². The molecule has 1 aliphatic rings. The molecule has 1 unspecified atom stereocenters. The maximum atomic E-state index is 9.55. The van der Waals surface area contributed by atoms with Gasteiger partial charge in [0.1, 0.15) is 5.01 Å². The second-order valence-corrected chi connectivity index (χ2v) is 9.56. The van der Waals surface area contributed by atoms with Gasteiger partial charge >= 0.3 is 23.9 Å². The predicted molar refractivity (Wildman–Crippen MR) is 151 cm³/mol. The molecule has 1 aromatic carbocycles. The van der Waals surface area contributed by atoms with Crippen LogP contribution in [0.15, 0.2) is 61.0 Å². The number of nitrogens with zero attached hydrogens (tertiary/aromatic N) is 5. The summed E-state index contributed by atoms with van der Waals surface area (Å²) in [5.41, 5.74) is 8.55. The number of piperazine rings is 1. The lowest BCUT2D eigenvalue weighted by Crippen LogP contribution is -2.48. The van der Waals surface area contributed by atoms with Gasteiger partial charge in [-0.05, 0) is 24.6 Å². The van der Waals surface area contributed by atoms with Crippen LogP contribution < -0.4 is 10.6 Å². The van der Waals surface area contributed by atoms with Crippen molar-refractivity contribution in [2.75, 3.05) is 37.6 Å². The van der Waals surface area contributed by atoms with Gasteiger partial charge in [-0.3, -0.25) is 4.90 Å². The largest absolute Gasteiger partial charge is 0.478 e. The van der Waals surface area contributed by atoms with Gasteiger partial charge in [-0.15, -0.1) is 11.3 Å². The molecular weight excluding hydrogens is 556 g/mol. The van der Waals surface area contributed by atoms with E-state index in [2.05, 4.69) is 30.8 Å². The van der Waals surface area contributed by atoms with E-state index < -0.39 is 23.9 Å². The minimum absolute atomic E-state index is 0.0421. The van der Waals surface area contributed by atoms with E-state index in [4.69, 9.17) is 26.2 Å². The number of carboxylic acids is 4. The van der Waals surface area contributed by atoms with Crippen molar-refractivity contribution in [3.63, 3.8) is 0 Å². The van der Waals surface area contributed by atoms with Gasteiger partial charge in [0.2, 0.25) is 5.95 Å². The molecule has 15 heteroatoms. The topological polar surface area (TPSA) is 220 Å². The van der Waals surface area contributed by atoms with Gasteiger partial charge in [0.05, 0.1) is 16.3 Å². The highest BCUT2D eigenvalue weighted by Gasteiger charge is 2.22. The minimum atomic E-state index is -1.26. The number of carbonyl (C=O) groups is 4. The number of hydrogen-bond donors (Lipinski definition) is 5. The molecule has 6 N–H and O–H groups in total. The van der Waals surface area contributed by atoms with E-state index in [0.29, 0.717) is 24.3 Å². The molecule has 0 saturated carbocycles. The Bertz CT molecular complexity index is 1290. The van der Waals surface area contributed by atoms with Crippen molar-refractivity contribution < 1.29 is 39.6 Å². The Hall–Kier alpha value is -4.73. The van der Waals surface area contributed by atoms with E-state index in [-0.39, 0.29) is 6.04 Å². The van der Waals surface area contributed by atoms with Crippen LogP contribution in [0.25, 0.3) is 10.2 Å². The van der Waals surface area contributed by atoms with Crippen LogP contribution in [0, 0.1) is 6.92 Å². The number of fused-ring (bicyclic) bond motifs is 1. The van der Waals surface area contributed by atoms with E-state index in [1.54, 1.807) is 11.3 Å². The first-order valence-electron chi connectivity index (χ1n) is 12.1. The second-order valence-electron chi connectivity index (χ2n) is 8.49. The monoisotopic (exact) mass is 586 g/mol. The van der Waals surface area contributed by atoms with Gasteiger partial charge in [-0.2, -0.15) is 0 Å². The molecule has 0 radical (unpaired) electrons. The van der Waals surface area contributed by atoms with Crippen LogP contribution in [-0.2, 0) is 19.2 Å². The lowest BCUT2D eigenvalue weighted by molar-refractivity contribution is -0.134. The first-order chi connectivity index (χ1) is 19.4. The number of thiazole rings is 1. The summed E-state index contributed by atoms with van der Waals surface area (Å²) in [6, 6.07) is 8.16. The third-order valence-electron chi connectivity index (χ3n) is 5.24. The first kappa shape index (κ1) is 32.5. The number of rotatable bonds is 8. The van der Waals surface area contributed by atoms with Crippen molar-refractivity contribution >= 4 is 51.4 Å². The number of aliphatic carboxylic acids is 4. The van der Waals surface area contributed by atoms with Gasteiger partial charge in [-0.25, -0.2) is 34.1 Å². The molecule has 1 saturated heterocycles. The lowest BCUT2D eigenvalue weighted by Gasteiger charge is -2.35. The first-order valence-corrected chi connectivity index (χ1v) is 12.9. The Balaban J connectivity index is 0.000000304. The van der Waals surface area contributed by atoms with E-state index in [9.17, 15) is 19.2 Å². The number of anilines is 1. The van der Waals surface area contributed by atoms with Crippen molar-refractivity contribution in [1.29, 1.82) is 0 Å². The zero-order valence-electron chi connectivity index (χ0n) is 22.0. The quantitative estimate of drug-likeness (QED) is 0.237. The van der Waals surface area contributed by atoms with Crippen LogP contribution in [0.1, 0.15) is 16.6 Å². The summed E-state index contributed by atoms with van der Waals surface area (Å²) < 4.78 is 1.20. The van der Waals surface area contributed by atoms with Crippen molar-refractivity contribution in [2.45, 2.75) is 13.0 Å². The molecule has 0 spiro atoms. The number of para-hydroxylation sites is 1. The molecule has 4 rings (SSSR count). The highest BCUT2D eigenvalue weighted by atomic mass is 32.1. The molecular formula is C26H30N6O8S. The summed E-state index contributed by atoms with van der Waals surface area (Å²) in [6.45, 7) is 6.63. The molecule has 0 aliphatic carbocycles. The standard InChI is InChI=1S/C18H22N6S.2C4H4O4/c1-13-10-20-18(21-11-13)24-8-6-23(7-9-24)12-14(19)17-22-15-4-2-3-5-16(15)25-17;2*5-3(6)1-2-4(7)8/h2-5,10-11,14H,6-9,12,19H2,1H3;2*1-2H,(H,5,6)(H,7,8)/b;2*2-1+. The molecule has 1 fully saturated rings. The highest BCUT2D eigenvalue weighted by Crippen LogP contribution is 2.26. The Morgan fingerprint density at radius 3 is 1.83 bits per heavy atom. The Morgan fingerprint density at radius 2 is 1.37 bits per heavy atom. The lowest BCUT2D eigenvalue weighted by atomic mass is 10.2. The van der Waals surface area contributed by atoms with Crippen molar-refractivity contribution in [3.8, 4) is 0 Å². The van der Waals surface area contributed by atoms with Crippen LogP contribution in [0.5, 0.6) is 0 Å². The average Bonchev–Trinajstić information content (AvgIpc) is 3.37. The van der Waals surface area contributed by atoms with Crippen LogP contribution in [0.2, 0.25) is 0 Å². The van der Waals surface area contributed by atoms with Crippen LogP contribution >= 0.6 is 11.3 Å². The molecule has 0 amide bonds. The van der Waals surface area contributed by atoms with Crippen molar-refractivity contribution in [1.82, 2.24) is 19.9 Å². The molecule has 3 aromatic rings. The van der Waals surface area contributed by atoms with Gasteiger partial charge in [0.25, 0.3) is 0 Å². The highest BCUT2D eigenvalue weighted by molar-refractivity contribution is 7.18. The van der Waals surface area contributed by atoms with E-state index >= 15 is 0 Å². The Labute approximate surface area is 238 Å². The molecule has 2 aromatic heterocycles. The minimum Gasteiger partial charge on any atom is -0.478 e. The Kier molecular flexibility index (Phi) is 13.0. The van der Waals surface area contributed by atoms with Gasteiger partial charge in [0, 0.05) is 69.4 Å². The maximum absolute atomic E-state index is 9.55. The third-order valence-corrected chi connectivity index (χ3v) is 6.41. The zero-order valence-corrected chi connectivity index (χ0v) is 22.8. The van der Waals surface area contributed by atoms with E-state index in [0.717, 1.165) is 54.8 Å². The Morgan fingerprint density at radius 1 is 0.878 bits per heavy atom. The fraction of sp³-hybridized carbons (Fsp3) is 0.269. The number of aromatic nitrogens is 3. The summed E-state index contributed by atoms with van der Waals surface area (Å²) in [5, 5.41) is 32.3. The average molecular weight is 587 g/mol. The summed E-state index contributed by atoms with van der Waals surface area (Å²) in [6.07, 6.45) is 5.98. The number of carboxylic acid groups (broad SMARTS) is 4. The summed E-state index contributed by atoms with van der Waals surface area (Å²) in [5.74, 6) is -4.21. The molecule has 3 heterocycles. The molecule has 218 valence electrons. The molecule has 0 bridgehead atoms. The second kappa shape index (κ2) is 16.4. The fourth-order valence-electron chi connectivity index (χ4n) is 3.37. The van der Waals surface area contributed by atoms with Crippen molar-refractivity contribution in [3.05, 3.63) is 71.5 Å². The number of benzene rings is 1. The SMILES string of the molecule is Cc1cnc(N2CCN(CC(N)c3nc4ccccc4s3)CC2)nc1.O=C(O)/C=C/C(=O)O.O=C(O)/C=C/C(=O)O. The molecule has 14 nitrogen and oxygen atoms in total. The molecule has 1 aliphatic heterocycles. The summed E-state index contributed by atoms with van der Waals surface area (Å²) >= 11 is 1.70. The van der Waals surface area contributed by atoms with E-state index in [1.165, 1.54) is 4.70 Å². The number of nitrogens with two attached hydrogens (primary N) is 1. The summed E-state index contributed by atoms with van der Waals surface area (Å²) in [4.78, 5) is 56.4. The third kappa shape index (κ3) is 12.3. The van der Waals surface area contributed by atoms with Crippen LogP contribution in [0.3, 0.4) is 0 Å². The van der Waals surface area contributed by atoms with Crippen LogP contribution in [0.4, 0.5) is 5.95 Å². The van der Waals surface area contributed by atoms with Gasteiger partial charge < -0.3 is 31.1 Å². The maximum Gasteiger partial charge on any atom is 0.328 e. The van der Waals surface area contributed by atoms with Gasteiger partial charge in [-0.1, -0.05) is 12.1 Å². The number of aryl methyl sites for hydroxylation is 1. The predicted octanol–water partition coefficient (Wildman–Crippen LogP) is 1.64. The molecule has 1 atom stereocenters. The fourth-order valence-corrected chi connectivity index (χ4v) is 4.33. The normalized spacial score (nSPS) is 14.1. The number of hydrogen-bond acceptors (Lipinski definition) is 11.